The average molecular weight is 679 g/mol. The van der Waals surface area contributed by atoms with Crippen LogP contribution in [0.1, 0.15) is 42.4 Å². The maximum absolute atomic E-state index is 14.6. The topological polar surface area (TPSA) is 86.8 Å². The van der Waals surface area contributed by atoms with Gasteiger partial charge in [-0.3, -0.25) is 13.9 Å². The number of rotatable bonds is 12. The second-order valence-electron chi connectivity index (χ2n) is 11.6. The fourth-order valence-electron chi connectivity index (χ4n) is 5.73. The first-order valence-corrected chi connectivity index (χ1v) is 17.5. The molecule has 1 atom stereocenters. The highest BCUT2D eigenvalue weighted by molar-refractivity contribution is 7.92. The Morgan fingerprint density at radius 2 is 1.48 bits per heavy atom. The monoisotopic (exact) mass is 677 g/mol. The van der Waals surface area contributed by atoms with Gasteiger partial charge in [0.2, 0.25) is 11.8 Å². The zero-order chi connectivity index (χ0) is 32.7. The van der Waals surface area contributed by atoms with Gasteiger partial charge in [0, 0.05) is 29.1 Å². The van der Waals surface area contributed by atoms with Crippen LogP contribution in [0.15, 0.2) is 108 Å². The van der Waals surface area contributed by atoms with E-state index in [4.69, 9.17) is 23.2 Å². The minimum atomic E-state index is -4.21. The summed E-state index contributed by atoms with van der Waals surface area (Å²) in [6.07, 6.45) is 4.08. The fourth-order valence-corrected chi connectivity index (χ4v) is 7.48. The second kappa shape index (κ2) is 15.2. The van der Waals surface area contributed by atoms with E-state index in [1.807, 2.05) is 43.3 Å². The summed E-state index contributed by atoms with van der Waals surface area (Å²) in [6.45, 7) is 1.42. The summed E-state index contributed by atoms with van der Waals surface area (Å²) in [5.41, 5.74) is 2.86. The van der Waals surface area contributed by atoms with Crippen molar-refractivity contribution in [3.05, 3.63) is 130 Å². The van der Waals surface area contributed by atoms with E-state index in [9.17, 15) is 18.0 Å². The van der Waals surface area contributed by atoms with Crippen LogP contribution in [0.2, 0.25) is 10.0 Å². The van der Waals surface area contributed by atoms with Crippen LogP contribution in [0.25, 0.3) is 0 Å². The lowest BCUT2D eigenvalue weighted by Gasteiger charge is -2.34. The molecule has 1 aliphatic rings. The third-order valence-electron chi connectivity index (χ3n) is 8.22. The highest BCUT2D eigenvalue weighted by Crippen LogP contribution is 2.27. The van der Waals surface area contributed by atoms with Crippen LogP contribution < -0.4 is 9.62 Å². The van der Waals surface area contributed by atoms with Gasteiger partial charge in [0.15, 0.2) is 0 Å². The van der Waals surface area contributed by atoms with E-state index in [2.05, 4.69) is 5.32 Å². The zero-order valence-corrected chi connectivity index (χ0v) is 27.9. The van der Waals surface area contributed by atoms with Gasteiger partial charge < -0.3 is 10.2 Å². The highest BCUT2D eigenvalue weighted by Gasteiger charge is 2.35. The van der Waals surface area contributed by atoms with Gasteiger partial charge in [-0.2, -0.15) is 0 Å². The largest absolute Gasteiger partial charge is 0.352 e. The maximum atomic E-state index is 14.6. The standard InChI is InChI=1S/C36H37Cl2N3O4S/c1-26-14-18-32(19-15-26)41(46(44,45)33-20-16-29(37)17-21-33)25-35(42)40(24-28-10-7-11-30(38)22-28)34(23-27-8-3-2-4-9-27)36(43)39-31-12-5-6-13-31/h2-4,7-11,14-22,31,34H,5-6,12-13,23-25H2,1H3,(H,39,43)/t34-/m0/s1. The Bertz CT molecular complexity index is 1740. The van der Waals surface area contributed by atoms with Crippen LogP contribution in [-0.4, -0.2) is 43.8 Å². The highest BCUT2D eigenvalue weighted by atomic mass is 35.5. The Morgan fingerprint density at radius 3 is 2.13 bits per heavy atom. The smallest absolute Gasteiger partial charge is 0.264 e. The van der Waals surface area contributed by atoms with Gasteiger partial charge in [-0.15, -0.1) is 0 Å². The molecule has 0 radical (unpaired) electrons. The van der Waals surface area contributed by atoms with Crippen molar-refractivity contribution in [2.75, 3.05) is 10.8 Å². The first kappa shape index (κ1) is 33.5. The molecule has 4 aromatic rings. The first-order valence-electron chi connectivity index (χ1n) is 15.3. The molecule has 240 valence electrons. The minimum Gasteiger partial charge on any atom is -0.352 e. The molecule has 1 fully saturated rings. The summed E-state index contributed by atoms with van der Waals surface area (Å²) >= 11 is 12.4. The number of carbonyl (C=O) groups excluding carboxylic acids is 2. The lowest BCUT2D eigenvalue weighted by molar-refractivity contribution is -0.140. The van der Waals surface area contributed by atoms with Crippen LogP contribution in [-0.2, 0) is 32.6 Å². The molecule has 10 heteroatoms. The average Bonchev–Trinajstić information content (AvgIpc) is 3.55. The minimum absolute atomic E-state index is 0.00789. The number of benzene rings is 4. The van der Waals surface area contributed by atoms with Crippen molar-refractivity contribution in [3.63, 3.8) is 0 Å². The molecule has 0 bridgehead atoms. The number of aryl methyl sites for hydroxylation is 1. The summed E-state index contributed by atoms with van der Waals surface area (Å²) in [5.74, 6) is -0.797. The van der Waals surface area contributed by atoms with Crippen LogP contribution in [0.4, 0.5) is 5.69 Å². The zero-order valence-electron chi connectivity index (χ0n) is 25.6. The number of hydrogen-bond acceptors (Lipinski definition) is 4. The van der Waals surface area contributed by atoms with Gasteiger partial charge in [-0.1, -0.05) is 96.2 Å². The number of hydrogen-bond donors (Lipinski definition) is 1. The molecule has 0 spiro atoms. The molecule has 0 unspecified atom stereocenters. The predicted octanol–water partition coefficient (Wildman–Crippen LogP) is 7.20. The number of sulfonamides is 1. The molecule has 1 N–H and O–H groups in total. The number of nitrogens with zero attached hydrogens (tertiary/aromatic N) is 2. The number of anilines is 1. The Morgan fingerprint density at radius 1 is 0.826 bits per heavy atom. The number of amides is 2. The lowest BCUT2D eigenvalue weighted by atomic mass is 10.0. The van der Waals surface area contributed by atoms with Crippen molar-refractivity contribution < 1.29 is 18.0 Å². The molecule has 0 aliphatic heterocycles. The van der Waals surface area contributed by atoms with E-state index in [-0.39, 0.29) is 29.8 Å². The molecule has 4 aromatic carbocycles. The van der Waals surface area contributed by atoms with E-state index in [1.54, 1.807) is 42.5 Å². The Balaban J connectivity index is 1.56. The fraction of sp³-hybridized carbons (Fsp3) is 0.278. The van der Waals surface area contributed by atoms with Crippen molar-refractivity contribution in [1.29, 1.82) is 0 Å². The molecule has 0 aromatic heterocycles. The summed E-state index contributed by atoms with van der Waals surface area (Å²) in [6, 6.07) is 28.5. The molecule has 0 heterocycles. The molecule has 0 saturated heterocycles. The second-order valence-corrected chi connectivity index (χ2v) is 14.4. The normalized spacial score (nSPS) is 14.1. The molecule has 2 amide bonds. The van der Waals surface area contributed by atoms with Crippen LogP contribution in [0.5, 0.6) is 0 Å². The van der Waals surface area contributed by atoms with Crippen molar-refractivity contribution in [2.24, 2.45) is 0 Å². The van der Waals surface area contributed by atoms with E-state index >= 15 is 0 Å². The van der Waals surface area contributed by atoms with E-state index in [1.165, 1.54) is 29.2 Å². The van der Waals surface area contributed by atoms with E-state index in [0.717, 1.165) is 46.7 Å². The molecule has 1 aliphatic carbocycles. The predicted molar refractivity (Wildman–Crippen MR) is 183 cm³/mol. The van der Waals surface area contributed by atoms with Crippen LogP contribution >= 0.6 is 23.2 Å². The number of nitrogens with one attached hydrogen (secondary N) is 1. The van der Waals surface area contributed by atoms with Gasteiger partial charge in [0.1, 0.15) is 12.6 Å². The molecular weight excluding hydrogens is 641 g/mol. The summed E-state index contributed by atoms with van der Waals surface area (Å²) in [4.78, 5) is 30.1. The van der Waals surface area contributed by atoms with Crippen LogP contribution in [0.3, 0.4) is 0 Å². The first-order chi connectivity index (χ1) is 22.1. The number of carbonyl (C=O) groups is 2. The summed E-state index contributed by atoms with van der Waals surface area (Å²) < 4.78 is 29.4. The third kappa shape index (κ3) is 8.49. The van der Waals surface area contributed by atoms with Gasteiger partial charge in [-0.25, -0.2) is 8.42 Å². The lowest BCUT2D eigenvalue weighted by Crippen LogP contribution is -2.54. The van der Waals surface area contributed by atoms with Gasteiger partial charge in [-0.05, 0) is 79.4 Å². The van der Waals surface area contributed by atoms with Crippen molar-refractivity contribution in [2.45, 2.75) is 62.6 Å². The molecule has 1 saturated carbocycles. The van der Waals surface area contributed by atoms with Crippen LogP contribution in [0, 0.1) is 6.92 Å². The molecule has 46 heavy (non-hydrogen) atoms. The van der Waals surface area contributed by atoms with Crippen molar-refractivity contribution in [3.8, 4) is 0 Å². The van der Waals surface area contributed by atoms with Gasteiger partial charge in [0.25, 0.3) is 10.0 Å². The molecule has 7 nitrogen and oxygen atoms in total. The maximum Gasteiger partial charge on any atom is 0.264 e. The molecule has 5 rings (SSSR count). The van der Waals surface area contributed by atoms with Crippen molar-refractivity contribution in [1.82, 2.24) is 10.2 Å². The van der Waals surface area contributed by atoms with E-state index < -0.39 is 28.5 Å². The third-order valence-corrected chi connectivity index (χ3v) is 10.5. The number of halogens is 2. The SMILES string of the molecule is Cc1ccc(N(CC(=O)N(Cc2cccc(Cl)c2)[C@@H](Cc2ccccc2)C(=O)NC2CCCC2)S(=O)(=O)c2ccc(Cl)cc2)cc1. The Hall–Kier alpha value is -3.85. The van der Waals surface area contributed by atoms with Gasteiger partial charge >= 0.3 is 0 Å². The van der Waals surface area contributed by atoms with Gasteiger partial charge in [0.05, 0.1) is 10.6 Å². The summed E-state index contributed by atoms with van der Waals surface area (Å²) in [7, 11) is -4.21. The van der Waals surface area contributed by atoms with Crippen molar-refractivity contribution >= 4 is 50.7 Å². The molecular formula is C36H37Cl2N3O4S. The Labute approximate surface area is 281 Å². The summed E-state index contributed by atoms with van der Waals surface area (Å²) in [5, 5.41) is 4.06. The van der Waals surface area contributed by atoms with E-state index in [0.29, 0.717) is 15.7 Å². The quantitative estimate of drug-likeness (QED) is 0.172. The Kier molecular flexibility index (Phi) is 11.0.